The molecule has 4 heterocycles. The van der Waals surface area contributed by atoms with Crippen LogP contribution < -0.4 is 0 Å². The Kier molecular flexibility index (Phi) is 4.93. The zero-order valence-corrected chi connectivity index (χ0v) is 15.9. The van der Waals surface area contributed by atoms with Crippen molar-refractivity contribution in [1.29, 1.82) is 0 Å². The molecule has 2 aliphatic heterocycles. The third-order valence-electron chi connectivity index (χ3n) is 5.47. The van der Waals surface area contributed by atoms with Crippen molar-refractivity contribution in [3.05, 3.63) is 59.2 Å². The van der Waals surface area contributed by atoms with Gasteiger partial charge in [0.15, 0.2) is 0 Å². The number of carbonyl (C=O) groups is 1. The largest absolute Gasteiger partial charge is 0.373 e. The number of likely N-dealkylation sites (tertiary alicyclic amines) is 1. The Morgan fingerprint density at radius 2 is 2.15 bits per heavy atom. The fourth-order valence-electron chi connectivity index (χ4n) is 3.77. The Hall–Kier alpha value is -2.31. The van der Waals surface area contributed by atoms with Gasteiger partial charge in [-0.1, -0.05) is 0 Å². The molecule has 6 heteroatoms. The van der Waals surface area contributed by atoms with Crippen molar-refractivity contribution in [2.24, 2.45) is 0 Å². The minimum absolute atomic E-state index is 0.0192. The van der Waals surface area contributed by atoms with Gasteiger partial charge in [-0.15, -0.1) is 0 Å². The molecule has 6 nitrogen and oxygen atoms in total. The summed E-state index contributed by atoms with van der Waals surface area (Å²) in [6.45, 7) is 6.46. The molecular weight excluding hydrogens is 342 g/mol. The SMILES string of the molecule is Cc1ccc(C(=O)N2CC3(C[C@H](OCc4cnccc4C)CCO3)C2)cn1. The average molecular weight is 367 g/mol. The molecule has 0 N–H and O–H groups in total. The van der Waals surface area contributed by atoms with Crippen LogP contribution in [0.3, 0.4) is 0 Å². The summed E-state index contributed by atoms with van der Waals surface area (Å²) in [5, 5.41) is 0. The number of amides is 1. The van der Waals surface area contributed by atoms with Crippen molar-refractivity contribution in [1.82, 2.24) is 14.9 Å². The van der Waals surface area contributed by atoms with Gasteiger partial charge in [-0.3, -0.25) is 14.8 Å². The maximum atomic E-state index is 12.6. The van der Waals surface area contributed by atoms with E-state index in [-0.39, 0.29) is 17.6 Å². The van der Waals surface area contributed by atoms with Gasteiger partial charge in [-0.25, -0.2) is 0 Å². The van der Waals surface area contributed by atoms with Crippen LogP contribution in [-0.2, 0) is 16.1 Å². The number of aromatic nitrogens is 2. The van der Waals surface area contributed by atoms with Crippen molar-refractivity contribution >= 4 is 5.91 Å². The highest BCUT2D eigenvalue weighted by atomic mass is 16.5. The normalized spacial score (nSPS) is 21.1. The maximum Gasteiger partial charge on any atom is 0.255 e. The lowest BCUT2D eigenvalue weighted by atomic mass is 9.84. The van der Waals surface area contributed by atoms with Gasteiger partial charge >= 0.3 is 0 Å². The molecule has 0 saturated carbocycles. The fraction of sp³-hybridized carbons (Fsp3) is 0.476. The van der Waals surface area contributed by atoms with Crippen LogP contribution in [0, 0.1) is 13.8 Å². The minimum atomic E-state index is -0.263. The molecule has 0 aliphatic carbocycles. The molecule has 142 valence electrons. The van der Waals surface area contributed by atoms with Crippen LogP contribution in [-0.4, -0.2) is 52.2 Å². The summed E-state index contributed by atoms with van der Waals surface area (Å²) < 4.78 is 12.2. The van der Waals surface area contributed by atoms with Crippen molar-refractivity contribution in [3.63, 3.8) is 0 Å². The van der Waals surface area contributed by atoms with Crippen LogP contribution in [0.4, 0.5) is 0 Å². The molecule has 0 radical (unpaired) electrons. The summed E-state index contributed by atoms with van der Waals surface area (Å²) in [5.74, 6) is 0.0192. The second kappa shape index (κ2) is 7.37. The molecule has 1 atom stereocenters. The van der Waals surface area contributed by atoms with E-state index in [1.54, 1.807) is 12.4 Å². The van der Waals surface area contributed by atoms with Crippen molar-refractivity contribution in [2.45, 2.75) is 45.0 Å². The van der Waals surface area contributed by atoms with E-state index in [0.717, 1.165) is 24.1 Å². The number of nitrogens with zero attached hydrogens (tertiary/aromatic N) is 3. The van der Waals surface area contributed by atoms with E-state index in [1.165, 1.54) is 5.56 Å². The van der Waals surface area contributed by atoms with E-state index in [4.69, 9.17) is 9.47 Å². The van der Waals surface area contributed by atoms with Crippen molar-refractivity contribution in [3.8, 4) is 0 Å². The summed E-state index contributed by atoms with van der Waals surface area (Å²) in [5.41, 5.74) is 3.59. The highest BCUT2D eigenvalue weighted by Gasteiger charge is 2.49. The van der Waals surface area contributed by atoms with Gasteiger partial charge in [0.1, 0.15) is 5.60 Å². The fourth-order valence-corrected chi connectivity index (χ4v) is 3.77. The zero-order valence-electron chi connectivity index (χ0n) is 15.9. The molecule has 2 aliphatic rings. The van der Waals surface area contributed by atoms with Crippen LogP contribution in [0.2, 0.25) is 0 Å². The molecule has 1 spiro atoms. The number of pyridine rings is 2. The number of rotatable bonds is 4. The average Bonchev–Trinajstić information content (AvgIpc) is 2.66. The summed E-state index contributed by atoms with van der Waals surface area (Å²) in [6.07, 6.45) is 7.16. The van der Waals surface area contributed by atoms with E-state index < -0.39 is 0 Å². The summed E-state index contributed by atoms with van der Waals surface area (Å²) in [4.78, 5) is 22.8. The first-order chi connectivity index (χ1) is 13.0. The monoisotopic (exact) mass is 367 g/mol. The Morgan fingerprint density at radius 1 is 1.30 bits per heavy atom. The lowest BCUT2D eigenvalue weighted by Crippen LogP contribution is -2.67. The number of ether oxygens (including phenoxy) is 2. The number of hydrogen-bond acceptors (Lipinski definition) is 5. The van der Waals surface area contributed by atoms with Crippen LogP contribution >= 0.6 is 0 Å². The van der Waals surface area contributed by atoms with Gasteiger partial charge in [-0.2, -0.15) is 0 Å². The summed E-state index contributed by atoms with van der Waals surface area (Å²) >= 11 is 0. The lowest BCUT2D eigenvalue weighted by Gasteiger charge is -2.53. The summed E-state index contributed by atoms with van der Waals surface area (Å²) in [7, 11) is 0. The van der Waals surface area contributed by atoms with Crippen molar-refractivity contribution < 1.29 is 14.3 Å². The standard InChI is InChI=1S/C21H25N3O3/c1-15-5-7-22-10-18(15)12-26-19-6-8-27-21(9-19)13-24(14-21)20(25)17-4-3-16(2)23-11-17/h3-5,7,10-11,19H,6,8-9,12-14H2,1-2H3/t19-/m1/s1. The molecule has 0 aromatic carbocycles. The first-order valence-corrected chi connectivity index (χ1v) is 9.42. The molecule has 2 saturated heterocycles. The maximum absolute atomic E-state index is 12.6. The molecular formula is C21H25N3O3. The molecule has 1 amide bonds. The van der Waals surface area contributed by atoms with Crippen LogP contribution in [0.15, 0.2) is 36.8 Å². The van der Waals surface area contributed by atoms with Gasteiger partial charge in [0.05, 0.1) is 31.4 Å². The Bertz CT molecular complexity index is 816. The molecule has 27 heavy (non-hydrogen) atoms. The van der Waals surface area contributed by atoms with Crippen molar-refractivity contribution in [2.75, 3.05) is 19.7 Å². The van der Waals surface area contributed by atoms with Crippen LogP contribution in [0.1, 0.15) is 40.0 Å². The molecule has 2 aromatic rings. The molecule has 4 rings (SSSR count). The Balaban J connectivity index is 1.32. The van der Waals surface area contributed by atoms with E-state index in [9.17, 15) is 4.79 Å². The first kappa shape index (κ1) is 18.1. The second-order valence-electron chi connectivity index (χ2n) is 7.61. The van der Waals surface area contributed by atoms with Gasteiger partial charge < -0.3 is 14.4 Å². The highest BCUT2D eigenvalue weighted by molar-refractivity contribution is 5.94. The van der Waals surface area contributed by atoms with Crippen LogP contribution in [0.25, 0.3) is 0 Å². The second-order valence-corrected chi connectivity index (χ2v) is 7.61. The molecule has 2 aromatic heterocycles. The topological polar surface area (TPSA) is 64.6 Å². The smallest absolute Gasteiger partial charge is 0.255 e. The molecule has 0 unspecified atom stereocenters. The third kappa shape index (κ3) is 3.87. The number of aryl methyl sites for hydroxylation is 2. The predicted octanol–water partition coefficient (Wildman–Crippen LogP) is 2.68. The van der Waals surface area contributed by atoms with E-state index in [2.05, 4.69) is 16.9 Å². The Labute approximate surface area is 159 Å². The third-order valence-corrected chi connectivity index (χ3v) is 5.47. The zero-order chi connectivity index (χ0) is 18.9. The number of hydrogen-bond donors (Lipinski definition) is 0. The van der Waals surface area contributed by atoms with Gasteiger partial charge in [0.2, 0.25) is 0 Å². The predicted molar refractivity (Wildman–Crippen MR) is 100 cm³/mol. The van der Waals surface area contributed by atoms with Gasteiger partial charge in [-0.05, 0) is 49.6 Å². The van der Waals surface area contributed by atoms with Gasteiger partial charge in [0.25, 0.3) is 5.91 Å². The summed E-state index contributed by atoms with van der Waals surface area (Å²) in [6, 6.07) is 5.70. The quantitative estimate of drug-likeness (QED) is 0.831. The number of carbonyl (C=O) groups excluding carboxylic acids is 1. The minimum Gasteiger partial charge on any atom is -0.373 e. The lowest BCUT2D eigenvalue weighted by molar-refractivity contribution is -0.188. The highest BCUT2D eigenvalue weighted by Crippen LogP contribution is 2.36. The molecule has 0 bridgehead atoms. The van der Waals surface area contributed by atoms with Gasteiger partial charge in [0, 0.05) is 37.3 Å². The van der Waals surface area contributed by atoms with E-state index in [1.807, 2.05) is 36.2 Å². The molecule has 2 fully saturated rings. The van der Waals surface area contributed by atoms with Crippen LogP contribution in [0.5, 0.6) is 0 Å². The van der Waals surface area contributed by atoms with E-state index >= 15 is 0 Å². The first-order valence-electron chi connectivity index (χ1n) is 9.42. The van der Waals surface area contributed by atoms with E-state index in [0.29, 0.717) is 31.9 Å². The Morgan fingerprint density at radius 3 is 2.89 bits per heavy atom.